The lowest BCUT2D eigenvalue weighted by atomic mass is 10.1. The van der Waals surface area contributed by atoms with Crippen molar-refractivity contribution in [3.05, 3.63) is 23.2 Å². The molecule has 1 aliphatic rings. The van der Waals surface area contributed by atoms with Gasteiger partial charge in [-0.2, -0.15) is 0 Å². The second-order valence-electron chi connectivity index (χ2n) is 4.40. The molecule has 1 aromatic carbocycles. The van der Waals surface area contributed by atoms with Crippen molar-refractivity contribution in [2.45, 2.75) is 19.8 Å². The lowest BCUT2D eigenvalue weighted by molar-refractivity contribution is 0.537. The summed E-state index contributed by atoms with van der Waals surface area (Å²) in [6, 6.07) is 5.70. The fourth-order valence-corrected chi connectivity index (χ4v) is 1.97. The second-order valence-corrected chi connectivity index (χ2v) is 4.80. The Morgan fingerprint density at radius 2 is 2.27 bits per heavy atom. The number of hydrogen-bond donors (Lipinski definition) is 2. The molecule has 2 nitrogen and oxygen atoms in total. The Kier molecular flexibility index (Phi) is 3.06. The molecule has 0 heterocycles. The van der Waals surface area contributed by atoms with Crippen LogP contribution in [-0.2, 0) is 0 Å². The van der Waals surface area contributed by atoms with Gasteiger partial charge in [0.15, 0.2) is 0 Å². The summed E-state index contributed by atoms with van der Waals surface area (Å²) in [5, 5.41) is 3.99. The number of nitrogens with two attached hydrogens (primary N) is 1. The van der Waals surface area contributed by atoms with Crippen LogP contribution in [-0.4, -0.2) is 6.54 Å². The van der Waals surface area contributed by atoms with Crippen LogP contribution in [0, 0.1) is 11.8 Å². The van der Waals surface area contributed by atoms with Gasteiger partial charge in [-0.25, -0.2) is 0 Å². The van der Waals surface area contributed by atoms with Crippen molar-refractivity contribution in [2.24, 2.45) is 11.8 Å². The summed E-state index contributed by atoms with van der Waals surface area (Å²) in [5.41, 5.74) is 7.47. The number of para-hydroxylation sites is 1. The van der Waals surface area contributed by atoms with Gasteiger partial charge < -0.3 is 11.1 Å². The highest BCUT2D eigenvalue weighted by Gasteiger charge is 2.27. The average molecular weight is 225 g/mol. The van der Waals surface area contributed by atoms with E-state index >= 15 is 0 Å². The molecular formula is C12H17ClN2. The van der Waals surface area contributed by atoms with Crippen molar-refractivity contribution in [3.8, 4) is 0 Å². The Labute approximate surface area is 95.8 Å². The average Bonchev–Trinajstić information content (AvgIpc) is 3.03. The van der Waals surface area contributed by atoms with Gasteiger partial charge in [-0.05, 0) is 36.8 Å². The molecule has 1 aliphatic carbocycles. The van der Waals surface area contributed by atoms with Gasteiger partial charge in [-0.15, -0.1) is 0 Å². The van der Waals surface area contributed by atoms with Crippen molar-refractivity contribution in [1.82, 2.24) is 0 Å². The van der Waals surface area contributed by atoms with Crippen LogP contribution in [0.1, 0.15) is 19.8 Å². The molecule has 0 radical (unpaired) electrons. The second kappa shape index (κ2) is 4.31. The smallest absolute Gasteiger partial charge is 0.0739 e. The van der Waals surface area contributed by atoms with Gasteiger partial charge in [0.25, 0.3) is 0 Å². The summed E-state index contributed by atoms with van der Waals surface area (Å²) >= 11 is 5.94. The normalized spacial score (nSPS) is 17.5. The first-order valence-electron chi connectivity index (χ1n) is 5.46. The monoisotopic (exact) mass is 224 g/mol. The van der Waals surface area contributed by atoms with Crippen LogP contribution < -0.4 is 11.1 Å². The molecule has 0 bridgehead atoms. The molecule has 82 valence electrons. The number of hydrogen-bond acceptors (Lipinski definition) is 2. The first-order valence-corrected chi connectivity index (χ1v) is 5.84. The molecule has 0 spiro atoms. The van der Waals surface area contributed by atoms with Gasteiger partial charge in [-0.1, -0.05) is 24.6 Å². The number of nitrogen functional groups attached to an aromatic ring is 1. The SMILES string of the molecule is CC(CNc1cccc(Cl)c1N)C1CC1. The van der Waals surface area contributed by atoms with Crippen LogP contribution in [0.25, 0.3) is 0 Å². The van der Waals surface area contributed by atoms with Crippen molar-refractivity contribution < 1.29 is 0 Å². The molecule has 3 heteroatoms. The lowest BCUT2D eigenvalue weighted by Crippen LogP contribution is -2.13. The molecule has 1 saturated carbocycles. The van der Waals surface area contributed by atoms with Gasteiger partial charge in [0, 0.05) is 6.54 Å². The third kappa shape index (κ3) is 2.57. The Morgan fingerprint density at radius 3 is 2.93 bits per heavy atom. The highest BCUT2D eigenvalue weighted by Crippen LogP contribution is 2.37. The molecule has 0 amide bonds. The predicted molar refractivity (Wildman–Crippen MR) is 66.2 cm³/mol. The topological polar surface area (TPSA) is 38.0 Å². The van der Waals surface area contributed by atoms with Crippen molar-refractivity contribution in [1.29, 1.82) is 0 Å². The van der Waals surface area contributed by atoms with E-state index in [9.17, 15) is 0 Å². The van der Waals surface area contributed by atoms with E-state index in [1.54, 1.807) is 0 Å². The van der Waals surface area contributed by atoms with Crippen molar-refractivity contribution >= 4 is 23.0 Å². The fraction of sp³-hybridized carbons (Fsp3) is 0.500. The lowest BCUT2D eigenvalue weighted by Gasteiger charge is -2.14. The van der Waals surface area contributed by atoms with Crippen LogP contribution in [0.15, 0.2) is 18.2 Å². The maximum Gasteiger partial charge on any atom is 0.0739 e. The van der Waals surface area contributed by atoms with Crippen LogP contribution >= 0.6 is 11.6 Å². The van der Waals surface area contributed by atoms with Gasteiger partial charge >= 0.3 is 0 Å². The van der Waals surface area contributed by atoms with E-state index in [2.05, 4.69) is 12.2 Å². The minimum Gasteiger partial charge on any atom is -0.396 e. The van der Waals surface area contributed by atoms with Gasteiger partial charge in [0.1, 0.15) is 0 Å². The summed E-state index contributed by atoms with van der Waals surface area (Å²) in [6.07, 6.45) is 2.77. The Hall–Kier alpha value is -0.890. The van der Waals surface area contributed by atoms with Gasteiger partial charge in [-0.3, -0.25) is 0 Å². The molecule has 0 aromatic heterocycles. The zero-order valence-corrected chi connectivity index (χ0v) is 9.72. The molecule has 1 aromatic rings. The Morgan fingerprint density at radius 1 is 1.53 bits per heavy atom. The molecule has 0 saturated heterocycles. The Bertz CT molecular complexity index is 347. The largest absolute Gasteiger partial charge is 0.396 e. The molecule has 3 N–H and O–H groups in total. The van der Waals surface area contributed by atoms with E-state index in [4.69, 9.17) is 17.3 Å². The number of benzene rings is 1. The van der Waals surface area contributed by atoms with E-state index in [-0.39, 0.29) is 0 Å². The van der Waals surface area contributed by atoms with E-state index in [0.717, 1.165) is 24.1 Å². The Balaban J connectivity index is 1.95. The molecule has 0 aliphatic heterocycles. The zero-order chi connectivity index (χ0) is 10.8. The highest BCUT2D eigenvalue weighted by molar-refractivity contribution is 6.33. The van der Waals surface area contributed by atoms with Gasteiger partial charge in [0.2, 0.25) is 0 Å². The van der Waals surface area contributed by atoms with E-state index in [0.29, 0.717) is 10.7 Å². The molecular weight excluding hydrogens is 208 g/mol. The number of anilines is 2. The van der Waals surface area contributed by atoms with E-state index < -0.39 is 0 Å². The highest BCUT2D eigenvalue weighted by atomic mass is 35.5. The summed E-state index contributed by atoms with van der Waals surface area (Å²) in [4.78, 5) is 0. The standard InChI is InChI=1S/C12H17ClN2/c1-8(9-5-6-9)7-15-11-4-2-3-10(13)12(11)14/h2-4,8-9,15H,5-7,14H2,1H3. The maximum absolute atomic E-state index is 5.94. The van der Waals surface area contributed by atoms with Crippen LogP contribution in [0.4, 0.5) is 11.4 Å². The molecule has 15 heavy (non-hydrogen) atoms. The number of nitrogens with one attached hydrogen (secondary N) is 1. The molecule has 1 atom stereocenters. The minimum atomic E-state index is 0.624. The van der Waals surface area contributed by atoms with Crippen LogP contribution in [0.3, 0.4) is 0 Å². The van der Waals surface area contributed by atoms with Crippen LogP contribution in [0.2, 0.25) is 5.02 Å². The summed E-state index contributed by atoms with van der Waals surface area (Å²) in [7, 11) is 0. The van der Waals surface area contributed by atoms with E-state index in [1.165, 1.54) is 12.8 Å². The number of halogens is 1. The summed E-state index contributed by atoms with van der Waals surface area (Å²) in [5.74, 6) is 1.64. The quantitative estimate of drug-likeness (QED) is 0.770. The zero-order valence-electron chi connectivity index (χ0n) is 8.96. The molecule has 2 rings (SSSR count). The number of rotatable bonds is 4. The predicted octanol–water partition coefficient (Wildman–Crippen LogP) is 3.38. The molecule has 1 unspecified atom stereocenters. The van der Waals surface area contributed by atoms with Crippen LogP contribution in [0.5, 0.6) is 0 Å². The summed E-state index contributed by atoms with van der Waals surface area (Å²) in [6.45, 7) is 3.26. The molecule has 1 fully saturated rings. The third-order valence-corrected chi connectivity index (χ3v) is 3.42. The third-order valence-electron chi connectivity index (χ3n) is 3.09. The van der Waals surface area contributed by atoms with Crippen molar-refractivity contribution in [3.63, 3.8) is 0 Å². The first kappa shape index (κ1) is 10.6. The minimum absolute atomic E-state index is 0.624. The first-order chi connectivity index (χ1) is 7.18. The fourth-order valence-electron chi connectivity index (χ4n) is 1.79. The summed E-state index contributed by atoms with van der Waals surface area (Å²) < 4.78 is 0. The van der Waals surface area contributed by atoms with Gasteiger partial charge in [0.05, 0.1) is 16.4 Å². The van der Waals surface area contributed by atoms with Crippen molar-refractivity contribution in [2.75, 3.05) is 17.6 Å². The maximum atomic E-state index is 5.94. The van der Waals surface area contributed by atoms with E-state index in [1.807, 2.05) is 18.2 Å².